The van der Waals surface area contributed by atoms with Crippen LogP contribution in [0.2, 0.25) is 0 Å². The van der Waals surface area contributed by atoms with E-state index in [1.54, 1.807) is 41.3 Å². The molecule has 6 nitrogen and oxygen atoms in total. The van der Waals surface area contributed by atoms with E-state index in [2.05, 4.69) is 26.0 Å². The van der Waals surface area contributed by atoms with Gasteiger partial charge in [-0.1, -0.05) is 15.9 Å². The normalized spacial score (nSPS) is 10.8. The molecule has 2 rings (SSSR count). The molecule has 102 valence electrons. The molecule has 0 saturated heterocycles. The minimum atomic E-state index is -0.0560. The average Bonchev–Trinajstić information content (AvgIpc) is 2.86. The third-order valence-corrected chi connectivity index (χ3v) is 3.12. The van der Waals surface area contributed by atoms with Crippen molar-refractivity contribution in [3.63, 3.8) is 0 Å². The molecule has 0 aliphatic heterocycles. The monoisotopic (exact) mass is 326 g/mol. The van der Waals surface area contributed by atoms with Crippen LogP contribution < -0.4 is 0 Å². The van der Waals surface area contributed by atoms with Gasteiger partial charge in [0, 0.05) is 37.9 Å². The first kappa shape index (κ1) is 14.0. The Balaban J connectivity index is 2.25. The van der Waals surface area contributed by atoms with Gasteiger partial charge in [-0.2, -0.15) is 5.10 Å². The van der Waals surface area contributed by atoms with Gasteiger partial charge in [0.1, 0.15) is 0 Å². The Morgan fingerprint density at radius 1 is 1.47 bits per heavy atom. The van der Waals surface area contributed by atoms with Crippen molar-refractivity contribution in [1.29, 1.82) is 0 Å². The van der Waals surface area contributed by atoms with Gasteiger partial charge in [0.15, 0.2) is 0 Å². The molecular weight excluding hydrogens is 312 g/mol. The molecule has 1 amide bonds. The predicted molar refractivity (Wildman–Crippen MR) is 74.6 cm³/mol. The molecule has 7 heteroatoms. The highest BCUT2D eigenvalue weighted by Crippen LogP contribution is 2.12. The molecular formula is C12H15BrN4O2. The summed E-state index contributed by atoms with van der Waals surface area (Å²) >= 11 is 3.36. The van der Waals surface area contributed by atoms with Crippen LogP contribution in [0.5, 0.6) is 0 Å². The lowest BCUT2D eigenvalue weighted by Crippen LogP contribution is -2.35. The Kier molecular flexibility index (Phi) is 4.86. The van der Waals surface area contributed by atoms with Gasteiger partial charge in [-0.05, 0) is 0 Å². The number of halogens is 1. The minimum Gasteiger partial charge on any atom is -0.383 e. The Morgan fingerprint density at radius 3 is 3.05 bits per heavy atom. The highest BCUT2D eigenvalue weighted by atomic mass is 79.9. The topological polar surface area (TPSA) is 59.7 Å². The highest BCUT2D eigenvalue weighted by molar-refractivity contribution is 9.09. The van der Waals surface area contributed by atoms with E-state index < -0.39 is 0 Å². The number of ether oxygens (including phenoxy) is 1. The summed E-state index contributed by atoms with van der Waals surface area (Å²) in [5.41, 5.74) is 1.27. The third-order valence-electron chi connectivity index (χ3n) is 2.76. The van der Waals surface area contributed by atoms with Crippen molar-refractivity contribution in [3.05, 3.63) is 30.4 Å². The number of fused-ring (bicyclic) bond motifs is 1. The number of alkyl halides is 1. The zero-order chi connectivity index (χ0) is 13.7. The summed E-state index contributed by atoms with van der Waals surface area (Å²) < 4.78 is 6.67. The summed E-state index contributed by atoms with van der Waals surface area (Å²) in [7, 11) is 1.62. The van der Waals surface area contributed by atoms with Crippen LogP contribution in [0.1, 0.15) is 10.4 Å². The van der Waals surface area contributed by atoms with Crippen molar-refractivity contribution in [2.75, 3.05) is 32.1 Å². The van der Waals surface area contributed by atoms with E-state index >= 15 is 0 Å². The fourth-order valence-corrected chi connectivity index (χ4v) is 2.22. The molecule has 2 aromatic heterocycles. The molecule has 19 heavy (non-hydrogen) atoms. The zero-order valence-electron chi connectivity index (χ0n) is 10.6. The SMILES string of the molecule is COCCN(CCBr)C(=O)c1cnn2ccncc12. The van der Waals surface area contributed by atoms with Crippen molar-refractivity contribution >= 4 is 27.4 Å². The van der Waals surface area contributed by atoms with Gasteiger partial charge in [-0.15, -0.1) is 0 Å². The Bertz CT molecular complexity index is 557. The zero-order valence-corrected chi connectivity index (χ0v) is 12.2. The first-order valence-corrected chi connectivity index (χ1v) is 7.01. The number of carbonyl (C=O) groups is 1. The minimum absolute atomic E-state index is 0.0560. The van der Waals surface area contributed by atoms with E-state index in [0.29, 0.717) is 30.8 Å². The quantitative estimate of drug-likeness (QED) is 0.749. The fourth-order valence-electron chi connectivity index (χ4n) is 1.79. The number of amides is 1. The van der Waals surface area contributed by atoms with Crippen LogP contribution in [-0.4, -0.2) is 57.5 Å². The number of methoxy groups -OCH3 is 1. The van der Waals surface area contributed by atoms with Crippen molar-refractivity contribution in [3.8, 4) is 0 Å². The second-order valence-corrected chi connectivity index (χ2v) is 4.73. The molecule has 0 aliphatic rings. The summed E-state index contributed by atoms with van der Waals surface area (Å²) in [6, 6.07) is 0. The van der Waals surface area contributed by atoms with Gasteiger partial charge >= 0.3 is 0 Å². The largest absolute Gasteiger partial charge is 0.383 e. The van der Waals surface area contributed by atoms with Gasteiger partial charge in [0.25, 0.3) is 5.91 Å². The summed E-state index contributed by atoms with van der Waals surface area (Å²) in [5, 5.41) is 4.87. The maximum atomic E-state index is 12.5. The van der Waals surface area contributed by atoms with Crippen LogP contribution in [0.4, 0.5) is 0 Å². The van der Waals surface area contributed by atoms with Crippen molar-refractivity contribution in [2.45, 2.75) is 0 Å². The number of carbonyl (C=O) groups excluding carboxylic acids is 1. The summed E-state index contributed by atoms with van der Waals surface area (Å²) in [5.74, 6) is -0.0560. The molecule has 0 bridgehead atoms. The van der Waals surface area contributed by atoms with Gasteiger partial charge in [-0.25, -0.2) is 4.52 Å². The molecule has 2 heterocycles. The summed E-state index contributed by atoms with van der Waals surface area (Å²) in [6.45, 7) is 1.69. The molecule has 0 unspecified atom stereocenters. The van der Waals surface area contributed by atoms with Crippen molar-refractivity contribution < 1.29 is 9.53 Å². The summed E-state index contributed by atoms with van der Waals surface area (Å²) in [6.07, 6.45) is 6.57. The lowest BCUT2D eigenvalue weighted by molar-refractivity contribution is 0.0711. The highest BCUT2D eigenvalue weighted by Gasteiger charge is 2.19. The van der Waals surface area contributed by atoms with Gasteiger partial charge in [-0.3, -0.25) is 9.78 Å². The van der Waals surface area contributed by atoms with E-state index in [0.717, 1.165) is 5.33 Å². The molecule has 0 spiro atoms. The second kappa shape index (κ2) is 6.63. The van der Waals surface area contributed by atoms with Crippen molar-refractivity contribution in [2.24, 2.45) is 0 Å². The Hall–Kier alpha value is -1.47. The lowest BCUT2D eigenvalue weighted by Gasteiger charge is -2.20. The Morgan fingerprint density at radius 2 is 2.32 bits per heavy atom. The fraction of sp³-hybridized carbons (Fsp3) is 0.417. The van der Waals surface area contributed by atoms with E-state index in [9.17, 15) is 4.79 Å². The van der Waals surface area contributed by atoms with Gasteiger partial charge in [0.05, 0.1) is 30.1 Å². The summed E-state index contributed by atoms with van der Waals surface area (Å²) in [4.78, 5) is 18.3. The number of aromatic nitrogens is 3. The number of hydrogen-bond acceptors (Lipinski definition) is 4. The number of rotatable bonds is 6. The predicted octanol–water partition coefficient (Wildman–Crippen LogP) is 1.21. The molecule has 0 fully saturated rings. The van der Waals surface area contributed by atoms with Crippen LogP contribution in [0.25, 0.3) is 5.52 Å². The molecule has 0 radical (unpaired) electrons. The van der Waals surface area contributed by atoms with Crippen LogP contribution in [-0.2, 0) is 4.74 Å². The second-order valence-electron chi connectivity index (χ2n) is 3.94. The van der Waals surface area contributed by atoms with E-state index in [1.165, 1.54) is 0 Å². The third kappa shape index (κ3) is 3.10. The van der Waals surface area contributed by atoms with Crippen LogP contribution in [0, 0.1) is 0 Å². The van der Waals surface area contributed by atoms with E-state index in [1.807, 2.05) is 0 Å². The molecule has 2 aromatic rings. The van der Waals surface area contributed by atoms with E-state index in [4.69, 9.17) is 4.74 Å². The van der Waals surface area contributed by atoms with Crippen LogP contribution >= 0.6 is 15.9 Å². The van der Waals surface area contributed by atoms with Gasteiger partial charge in [0.2, 0.25) is 0 Å². The van der Waals surface area contributed by atoms with Crippen LogP contribution in [0.3, 0.4) is 0 Å². The number of nitrogens with zero attached hydrogens (tertiary/aromatic N) is 4. The smallest absolute Gasteiger partial charge is 0.257 e. The first-order chi connectivity index (χ1) is 9.27. The standard InChI is InChI=1S/C12H15BrN4O2/c1-19-7-6-16(4-2-13)12(18)10-8-15-17-5-3-14-9-11(10)17/h3,5,8-9H,2,4,6-7H2,1H3. The van der Waals surface area contributed by atoms with E-state index in [-0.39, 0.29) is 5.91 Å². The van der Waals surface area contributed by atoms with Gasteiger partial charge < -0.3 is 9.64 Å². The Labute approximate surface area is 119 Å². The number of hydrogen-bond donors (Lipinski definition) is 0. The van der Waals surface area contributed by atoms with Crippen molar-refractivity contribution in [1.82, 2.24) is 19.5 Å². The molecule has 0 atom stereocenters. The average molecular weight is 327 g/mol. The molecule has 0 aromatic carbocycles. The molecule has 0 aliphatic carbocycles. The van der Waals surface area contributed by atoms with Crippen LogP contribution in [0.15, 0.2) is 24.8 Å². The first-order valence-electron chi connectivity index (χ1n) is 5.89. The molecule has 0 saturated carbocycles. The molecule has 0 N–H and O–H groups in total. The lowest BCUT2D eigenvalue weighted by atomic mass is 10.2. The maximum Gasteiger partial charge on any atom is 0.257 e. The maximum absolute atomic E-state index is 12.5.